The molecular weight excluding hydrogens is 265 g/mol. The van der Waals surface area contributed by atoms with E-state index in [0.717, 1.165) is 11.3 Å². The maximum absolute atomic E-state index is 12.8. The van der Waals surface area contributed by atoms with E-state index in [1.807, 2.05) is 0 Å². The highest BCUT2D eigenvalue weighted by atomic mass is 32.1. The quantitative estimate of drug-likeness (QED) is 0.779. The van der Waals surface area contributed by atoms with Crippen molar-refractivity contribution in [2.75, 3.05) is 11.4 Å². The molecule has 0 radical (unpaired) electrons. The first-order valence-electron chi connectivity index (χ1n) is 5.62. The molecular formula is C11H13F3N2OS. The number of hydrogen-bond acceptors (Lipinski definition) is 4. The molecule has 1 saturated heterocycles. The van der Waals surface area contributed by atoms with E-state index in [9.17, 15) is 18.0 Å². The van der Waals surface area contributed by atoms with Crippen LogP contribution in [0.5, 0.6) is 0 Å². The first-order valence-corrected chi connectivity index (χ1v) is 6.44. The number of aryl methyl sites for hydroxylation is 1. The molecule has 0 unspecified atom stereocenters. The van der Waals surface area contributed by atoms with Gasteiger partial charge in [-0.2, -0.15) is 13.2 Å². The maximum Gasteiger partial charge on any atom is 0.408 e. The number of nitrogens with zero attached hydrogens (tertiary/aromatic N) is 2. The van der Waals surface area contributed by atoms with Crippen LogP contribution in [0.15, 0.2) is 0 Å². The van der Waals surface area contributed by atoms with Crippen molar-refractivity contribution in [1.82, 2.24) is 4.98 Å². The number of thiazole rings is 1. The van der Waals surface area contributed by atoms with Crippen molar-refractivity contribution in [3.8, 4) is 0 Å². The van der Waals surface area contributed by atoms with E-state index in [-0.39, 0.29) is 17.9 Å². The van der Waals surface area contributed by atoms with Crippen LogP contribution in [-0.2, 0) is 0 Å². The van der Waals surface area contributed by atoms with Crippen LogP contribution in [0.4, 0.5) is 18.3 Å². The zero-order valence-corrected chi connectivity index (χ0v) is 10.9. The van der Waals surface area contributed by atoms with Gasteiger partial charge < -0.3 is 4.90 Å². The summed E-state index contributed by atoms with van der Waals surface area (Å²) in [5, 5.41) is 0.303. The first kappa shape index (κ1) is 13.3. The molecule has 0 spiro atoms. The number of ketones is 1. The van der Waals surface area contributed by atoms with Gasteiger partial charge in [0, 0.05) is 18.3 Å². The summed E-state index contributed by atoms with van der Waals surface area (Å²) in [6.45, 7) is 3.42. The summed E-state index contributed by atoms with van der Waals surface area (Å²) in [7, 11) is 0. The standard InChI is InChI=1S/C11H13F3N2OS/c1-6(17)9-7(2)18-10(15-9)16-5-3-4-8(16)11(12,13)14/h8H,3-5H2,1-2H3/t8-/m1/s1. The van der Waals surface area contributed by atoms with Crippen molar-refractivity contribution >= 4 is 22.3 Å². The second-order valence-electron chi connectivity index (χ2n) is 4.35. The lowest BCUT2D eigenvalue weighted by atomic mass is 10.2. The van der Waals surface area contributed by atoms with Gasteiger partial charge in [0.2, 0.25) is 0 Å². The summed E-state index contributed by atoms with van der Waals surface area (Å²) in [6, 6.07) is -1.47. The molecule has 3 nitrogen and oxygen atoms in total. The van der Waals surface area contributed by atoms with Gasteiger partial charge >= 0.3 is 6.18 Å². The van der Waals surface area contributed by atoms with Gasteiger partial charge in [0.15, 0.2) is 10.9 Å². The number of alkyl halides is 3. The second-order valence-corrected chi connectivity index (χ2v) is 5.53. The molecule has 1 fully saturated rings. The maximum atomic E-state index is 12.8. The van der Waals surface area contributed by atoms with Crippen LogP contribution in [-0.4, -0.2) is 29.5 Å². The number of aromatic nitrogens is 1. The molecule has 0 aromatic carbocycles. The van der Waals surface area contributed by atoms with Crippen molar-refractivity contribution in [3.05, 3.63) is 10.6 Å². The van der Waals surface area contributed by atoms with E-state index in [4.69, 9.17) is 0 Å². The molecule has 0 aliphatic carbocycles. The van der Waals surface area contributed by atoms with Gasteiger partial charge in [-0.25, -0.2) is 4.98 Å². The van der Waals surface area contributed by atoms with Crippen LogP contribution < -0.4 is 4.90 Å². The van der Waals surface area contributed by atoms with Crippen molar-refractivity contribution in [2.24, 2.45) is 0 Å². The van der Waals surface area contributed by atoms with E-state index in [2.05, 4.69) is 4.98 Å². The average molecular weight is 278 g/mol. The number of hydrogen-bond donors (Lipinski definition) is 0. The molecule has 1 aromatic rings. The van der Waals surface area contributed by atoms with Crippen LogP contribution in [0.2, 0.25) is 0 Å². The predicted molar refractivity (Wildman–Crippen MR) is 63.3 cm³/mol. The van der Waals surface area contributed by atoms with Crippen LogP contribution in [0.25, 0.3) is 0 Å². The summed E-state index contributed by atoms with van der Waals surface area (Å²) >= 11 is 1.15. The number of halogens is 3. The van der Waals surface area contributed by atoms with Crippen molar-refractivity contribution < 1.29 is 18.0 Å². The molecule has 18 heavy (non-hydrogen) atoms. The lowest BCUT2D eigenvalue weighted by Gasteiger charge is -2.25. The SMILES string of the molecule is CC(=O)c1nc(N2CCC[C@@H]2C(F)(F)F)sc1C. The van der Waals surface area contributed by atoms with Gasteiger partial charge in [0.1, 0.15) is 11.7 Å². The Bertz CT molecular complexity index is 469. The lowest BCUT2D eigenvalue weighted by Crippen LogP contribution is -2.41. The molecule has 1 aliphatic rings. The highest BCUT2D eigenvalue weighted by molar-refractivity contribution is 7.15. The van der Waals surface area contributed by atoms with E-state index in [1.165, 1.54) is 11.8 Å². The minimum Gasteiger partial charge on any atom is -0.336 e. The van der Waals surface area contributed by atoms with E-state index in [0.29, 0.717) is 23.0 Å². The Morgan fingerprint density at radius 2 is 2.17 bits per heavy atom. The fraction of sp³-hybridized carbons (Fsp3) is 0.636. The molecule has 7 heteroatoms. The smallest absolute Gasteiger partial charge is 0.336 e. The first-order chi connectivity index (χ1) is 8.30. The van der Waals surface area contributed by atoms with Crippen molar-refractivity contribution in [2.45, 2.75) is 38.9 Å². The number of Topliss-reactive ketones (excluding diaryl/α,β-unsaturated/α-hetero) is 1. The number of carbonyl (C=O) groups is 1. The molecule has 0 saturated carbocycles. The molecule has 1 aromatic heterocycles. The largest absolute Gasteiger partial charge is 0.408 e. The highest BCUT2D eigenvalue weighted by Gasteiger charge is 2.47. The summed E-state index contributed by atoms with van der Waals surface area (Å²) in [6.07, 6.45) is -3.65. The zero-order chi connectivity index (χ0) is 13.5. The normalized spacial score (nSPS) is 20.5. The number of carbonyl (C=O) groups excluding carboxylic acids is 1. The van der Waals surface area contributed by atoms with Gasteiger partial charge in [-0.15, -0.1) is 11.3 Å². The van der Waals surface area contributed by atoms with Crippen LogP contribution in [0, 0.1) is 6.92 Å². The van der Waals surface area contributed by atoms with Gasteiger partial charge in [0.05, 0.1) is 0 Å². The topological polar surface area (TPSA) is 33.2 Å². The summed E-state index contributed by atoms with van der Waals surface area (Å²) in [5.74, 6) is -0.210. The Hall–Kier alpha value is -1.11. The third-order valence-electron chi connectivity index (χ3n) is 3.00. The van der Waals surface area contributed by atoms with Crippen LogP contribution >= 0.6 is 11.3 Å². The van der Waals surface area contributed by atoms with E-state index in [1.54, 1.807) is 6.92 Å². The number of rotatable bonds is 2. The van der Waals surface area contributed by atoms with Gasteiger partial charge in [-0.1, -0.05) is 0 Å². The fourth-order valence-electron chi connectivity index (χ4n) is 2.17. The molecule has 1 aliphatic heterocycles. The molecule has 0 N–H and O–H groups in total. The molecule has 0 bridgehead atoms. The van der Waals surface area contributed by atoms with Crippen LogP contribution in [0.1, 0.15) is 35.1 Å². The summed E-state index contributed by atoms with van der Waals surface area (Å²) in [4.78, 5) is 17.3. The molecule has 2 rings (SSSR count). The third kappa shape index (κ3) is 2.36. The summed E-state index contributed by atoms with van der Waals surface area (Å²) in [5.41, 5.74) is 0.280. The summed E-state index contributed by atoms with van der Waals surface area (Å²) < 4.78 is 38.5. The molecule has 2 heterocycles. The minimum absolute atomic E-state index is 0.0948. The van der Waals surface area contributed by atoms with Crippen molar-refractivity contribution in [1.29, 1.82) is 0 Å². The van der Waals surface area contributed by atoms with Gasteiger partial charge in [-0.05, 0) is 19.8 Å². The molecule has 0 amide bonds. The predicted octanol–water partition coefficient (Wildman–Crippen LogP) is 3.19. The second kappa shape index (κ2) is 4.53. The fourth-order valence-corrected chi connectivity index (χ4v) is 3.20. The average Bonchev–Trinajstić information content (AvgIpc) is 2.80. The van der Waals surface area contributed by atoms with E-state index < -0.39 is 12.2 Å². The highest BCUT2D eigenvalue weighted by Crippen LogP contribution is 2.38. The Morgan fingerprint density at radius 3 is 2.67 bits per heavy atom. The van der Waals surface area contributed by atoms with Gasteiger partial charge in [0.25, 0.3) is 0 Å². The Kier molecular flexibility index (Phi) is 3.35. The van der Waals surface area contributed by atoms with Gasteiger partial charge in [-0.3, -0.25) is 4.79 Å². The Morgan fingerprint density at radius 1 is 1.50 bits per heavy atom. The van der Waals surface area contributed by atoms with E-state index >= 15 is 0 Å². The monoisotopic (exact) mass is 278 g/mol. The molecule has 100 valence electrons. The van der Waals surface area contributed by atoms with Crippen molar-refractivity contribution in [3.63, 3.8) is 0 Å². The zero-order valence-electron chi connectivity index (χ0n) is 10.0. The minimum atomic E-state index is -4.24. The Balaban J connectivity index is 2.31. The lowest BCUT2D eigenvalue weighted by molar-refractivity contribution is -0.145. The Labute approximate surface area is 107 Å². The molecule has 1 atom stereocenters. The number of anilines is 1. The van der Waals surface area contributed by atoms with Crippen LogP contribution in [0.3, 0.4) is 0 Å². The third-order valence-corrected chi connectivity index (χ3v) is 4.00.